The Morgan fingerprint density at radius 1 is 1.02 bits per heavy atom. The molecule has 9 heteroatoms. The third kappa shape index (κ3) is 5.90. The molecule has 5 rings (SSSR count). The molecule has 0 N–H and O–H groups in total. The molecule has 0 radical (unpaired) electrons. The highest BCUT2D eigenvalue weighted by atomic mass is 16.6. The molecule has 0 atom stereocenters. The number of nitro benzene ring substituents is 1. The van der Waals surface area contributed by atoms with E-state index < -0.39 is 4.92 Å². The molecule has 0 aliphatic carbocycles. The second kappa shape index (κ2) is 12.1. The van der Waals surface area contributed by atoms with Crippen LogP contribution in [0.3, 0.4) is 0 Å². The third-order valence-corrected chi connectivity index (χ3v) is 6.92. The van der Waals surface area contributed by atoms with Gasteiger partial charge in [0, 0.05) is 17.7 Å². The van der Waals surface area contributed by atoms with Crippen LogP contribution in [0.4, 0.5) is 5.69 Å². The average Bonchev–Trinajstić information content (AvgIpc) is 3.00. The van der Waals surface area contributed by atoms with Crippen molar-refractivity contribution in [2.24, 2.45) is 5.10 Å². The van der Waals surface area contributed by atoms with Crippen LogP contribution in [0, 0.1) is 17.0 Å². The molecule has 42 heavy (non-hydrogen) atoms. The molecule has 0 spiro atoms. The van der Waals surface area contributed by atoms with Crippen molar-refractivity contribution in [1.29, 1.82) is 0 Å². The number of aromatic nitrogens is 2. The van der Waals surface area contributed by atoms with Gasteiger partial charge >= 0.3 is 0 Å². The Morgan fingerprint density at radius 2 is 1.79 bits per heavy atom. The van der Waals surface area contributed by atoms with Crippen molar-refractivity contribution in [2.45, 2.75) is 33.3 Å². The monoisotopic (exact) mass is 562 g/mol. The highest BCUT2D eigenvalue weighted by Gasteiger charge is 2.18. The Labute approximate surface area is 242 Å². The summed E-state index contributed by atoms with van der Waals surface area (Å²) in [5, 5.41) is 16.1. The van der Waals surface area contributed by atoms with Gasteiger partial charge in [0.25, 0.3) is 11.2 Å². The van der Waals surface area contributed by atoms with Crippen molar-refractivity contribution in [2.75, 3.05) is 7.11 Å². The van der Waals surface area contributed by atoms with E-state index in [1.807, 2.05) is 43.3 Å². The highest BCUT2D eigenvalue weighted by molar-refractivity contribution is 5.82. The predicted octanol–water partition coefficient (Wildman–Crippen LogP) is 6.87. The number of nitro groups is 1. The number of fused-ring (bicyclic) bond motifs is 1. The maximum Gasteiger partial charge on any atom is 0.282 e. The SMILES string of the molecule is COc1cc(C)c(-c2nc3ccccc3c(=O)n2N=Cc2ccc(OCc3cccc([N+](=O)[O-])c3)cc2)cc1C(C)C. The van der Waals surface area contributed by atoms with Gasteiger partial charge in [-0.1, -0.05) is 38.1 Å². The van der Waals surface area contributed by atoms with E-state index in [2.05, 4.69) is 18.9 Å². The number of ether oxygens (including phenoxy) is 2. The van der Waals surface area contributed by atoms with Crippen LogP contribution in [0.15, 0.2) is 94.8 Å². The van der Waals surface area contributed by atoms with Crippen LogP contribution in [0.5, 0.6) is 11.5 Å². The molecular weight excluding hydrogens is 532 g/mol. The van der Waals surface area contributed by atoms with Crippen LogP contribution in [-0.4, -0.2) is 27.9 Å². The Morgan fingerprint density at radius 3 is 2.50 bits per heavy atom. The molecule has 0 saturated heterocycles. The molecule has 0 saturated carbocycles. The van der Waals surface area contributed by atoms with Crippen molar-refractivity contribution in [3.05, 3.63) is 128 Å². The zero-order chi connectivity index (χ0) is 29.8. The van der Waals surface area contributed by atoms with Crippen molar-refractivity contribution in [3.8, 4) is 22.9 Å². The van der Waals surface area contributed by atoms with Crippen LogP contribution in [0.2, 0.25) is 0 Å². The van der Waals surface area contributed by atoms with Gasteiger partial charge in [-0.2, -0.15) is 9.78 Å². The predicted molar refractivity (Wildman–Crippen MR) is 164 cm³/mol. The molecule has 0 amide bonds. The number of methoxy groups -OCH3 is 1. The first-order valence-corrected chi connectivity index (χ1v) is 13.5. The van der Waals surface area contributed by atoms with Gasteiger partial charge in [0.2, 0.25) is 0 Å². The summed E-state index contributed by atoms with van der Waals surface area (Å²) in [6, 6.07) is 24.8. The van der Waals surface area contributed by atoms with Crippen LogP contribution >= 0.6 is 0 Å². The smallest absolute Gasteiger partial charge is 0.282 e. The van der Waals surface area contributed by atoms with Gasteiger partial charge < -0.3 is 9.47 Å². The Hall–Kier alpha value is -5.31. The van der Waals surface area contributed by atoms with Gasteiger partial charge in [0.05, 0.1) is 29.2 Å². The third-order valence-electron chi connectivity index (χ3n) is 6.92. The summed E-state index contributed by atoms with van der Waals surface area (Å²) in [6.07, 6.45) is 1.61. The van der Waals surface area contributed by atoms with Gasteiger partial charge in [0.1, 0.15) is 18.1 Å². The van der Waals surface area contributed by atoms with Gasteiger partial charge in [-0.25, -0.2) is 4.98 Å². The first-order valence-electron chi connectivity index (χ1n) is 13.5. The van der Waals surface area contributed by atoms with Crippen LogP contribution < -0.4 is 15.0 Å². The fourth-order valence-electron chi connectivity index (χ4n) is 4.67. The lowest BCUT2D eigenvalue weighted by molar-refractivity contribution is -0.384. The number of benzene rings is 4. The Bertz CT molecular complexity index is 1860. The fraction of sp³-hybridized carbons (Fsp3) is 0.182. The zero-order valence-electron chi connectivity index (χ0n) is 23.8. The summed E-state index contributed by atoms with van der Waals surface area (Å²) in [6.45, 7) is 6.33. The number of non-ortho nitro benzene ring substituents is 1. The quantitative estimate of drug-likeness (QED) is 0.110. The van der Waals surface area contributed by atoms with Gasteiger partial charge in [-0.05, 0) is 83.6 Å². The summed E-state index contributed by atoms with van der Waals surface area (Å²) in [5.41, 5.74) is 4.50. The average molecular weight is 563 g/mol. The van der Waals surface area contributed by atoms with E-state index >= 15 is 0 Å². The number of hydrogen-bond donors (Lipinski definition) is 0. The molecule has 0 aliphatic heterocycles. The molecule has 0 unspecified atom stereocenters. The summed E-state index contributed by atoms with van der Waals surface area (Å²) in [4.78, 5) is 29.1. The largest absolute Gasteiger partial charge is 0.496 e. The minimum atomic E-state index is -0.432. The molecule has 9 nitrogen and oxygen atoms in total. The van der Waals surface area contributed by atoms with Crippen LogP contribution in [-0.2, 0) is 6.61 Å². The van der Waals surface area contributed by atoms with Crippen LogP contribution in [0.1, 0.15) is 42.0 Å². The number of rotatable bonds is 9. The molecule has 4 aromatic carbocycles. The van der Waals surface area contributed by atoms with Crippen molar-refractivity contribution in [3.63, 3.8) is 0 Å². The summed E-state index contributed by atoms with van der Waals surface area (Å²) >= 11 is 0. The Kier molecular flexibility index (Phi) is 8.10. The molecular formula is C33H30N4O5. The maximum atomic E-state index is 13.7. The van der Waals surface area contributed by atoms with Gasteiger partial charge in [0.15, 0.2) is 5.82 Å². The van der Waals surface area contributed by atoms with Crippen LogP contribution in [0.25, 0.3) is 22.3 Å². The number of hydrogen-bond acceptors (Lipinski definition) is 7. The van der Waals surface area contributed by atoms with E-state index in [1.165, 1.54) is 16.8 Å². The maximum absolute atomic E-state index is 13.7. The summed E-state index contributed by atoms with van der Waals surface area (Å²) in [5.74, 6) is 2.02. The van der Waals surface area contributed by atoms with Gasteiger partial charge in [-0.3, -0.25) is 14.9 Å². The molecule has 1 aromatic heterocycles. The number of para-hydroxylation sites is 1. The van der Waals surface area contributed by atoms with Crippen molar-refractivity contribution >= 4 is 22.8 Å². The fourth-order valence-corrected chi connectivity index (χ4v) is 4.67. The van der Waals surface area contributed by atoms with E-state index in [9.17, 15) is 14.9 Å². The molecule has 0 fully saturated rings. The van der Waals surface area contributed by atoms with E-state index in [0.717, 1.165) is 28.0 Å². The summed E-state index contributed by atoms with van der Waals surface area (Å²) < 4.78 is 12.8. The van der Waals surface area contributed by atoms with E-state index in [-0.39, 0.29) is 23.8 Å². The zero-order valence-corrected chi connectivity index (χ0v) is 23.8. The molecule has 0 bridgehead atoms. The topological polar surface area (TPSA) is 109 Å². The lowest BCUT2D eigenvalue weighted by Gasteiger charge is -2.17. The first-order chi connectivity index (χ1) is 20.2. The standard InChI is InChI=1S/C33H30N4O5/c1-21(2)28-18-29(22(3)16-31(28)41-4)32-35-30-11-6-5-10-27(30)33(38)36(32)34-19-23-12-14-26(15-13-23)42-20-24-8-7-9-25(17-24)37(39)40/h5-19,21H,20H2,1-4H3. The minimum absolute atomic E-state index is 0.0192. The van der Waals surface area contributed by atoms with Gasteiger partial charge in [-0.15, -0.1) is 0 Å². The molecule has 5 aromatic rings. The molecule has 1 heterocycles. The molecule has 0 aliphatic rings. The van der Waals surface area contributed by atoms with E-state index in [0.29, 0.717) is 28.0 Å². The first kappa shape index (κ1) is 28.2. The highest BCUT2D eigenvalue weighted by Crippen LogP contribution is 2.34. The van der Waals surface area contributed by atoms with Crippen molar-refractivity contribution < 1.29 is 14.4 Å². The number of aryl methyl sites for hydroxylation is 1. The second-order valence-electron chi connectivity index (χ2n) is 10.2. The second-order valence-corrected chi connectivity index (χ2v) is 10.2. The Balaban J connectivity index is 1.48. The van der Waals surface area contributed by atoms with E-state index in [4.69, 9.17) is 14.5 Å². The minimum Gasteiger partial charge on any atom is -0.496 e. The number of nitrogens with zero attached hydrogens (tertiary/aromatic N) is 4. The lowest BCUT2D eigenvalue weighted by Crippen LogP contribution is -2.20. The lowest BCUT2D eigenvalue weighted by atomic mass is 9.96. The normalized spacial score (nSPS) is 11.4. The molecule has 212 valence electrons. The van der Waals surface area contributed by atoms with E-state index in [1.54, 1.807) is 49.7 Å². The van der Waals surface area contributed by atoms with Crippen molar-refractivity contribution in [1.82, 2.24) is 9.66 Å². The summed E-state index contributed by atoms with van der Waals surface area (Å²) in [7, 11) is 1.65.